The van der Waals surface area contributed by atoms with Crippen LogP contribution >= 0.6 is 0 Å². The molecule has 0 unspecified atom stereocenters. The molecule has 4 rings (SSSR count). The lowest BCUT2D eigenvalue weighted by Crippen LogP contribution is -2.37. The van der Waals surface area contributed by atoms with Crippen LogP contribution in [0.25, 0.3) is 0 Å². The molecule has 2 saturated heterocycles. The summed E-state index contributed by atoms with van der Waals surface area (Å²) >= 11 is 0. The predicted octanol–water partition coefficient (Wildman–Crippen LogP) is 3.07. The maximum atomic E-state index is 12.8. The molecule has 138 valence electrons. The second-order valence-corrected chi connectivity index (χ2v) is 8.17. The van der Waals surface area contributed by atoms with Gasteiger partial charge in [0.05, 0.1) is 5.92 Å². The number of rotatable bonds is 4. The van der Waals surface area contributed by atoms with Crippen molar-refractivity contribution in [1.29, 1.82) is 0 Å². The molecule has 0 radical (unpaired) electrons. The van der Waals surface area contributed by atoms with Crippen LogP contribution in [-0.4, -0.2) is 47.3 Å². The summed E-state index contributed by atoms with van der Waals surface area (Å²) in [7, 11) is 0. The topological polar surface area (TPSA) is 68.5 Å². The lowest BCUT2D eigenvalue weighted by atomic mass is 9.72. The van der Waals surface area contributed by atoms with Crippen LogP contribution in [0.4, 0.5) is 0 Å². The van der Waals surface area contributed by atoms with E-state index in [4.69, 9.17) is 9.26 Å². The van der Waals surface area contributed by atoms with Crippen molar-refractivity contribution in [2.45, 2.75) is 64.2 Å². The van der Waals surface area contributed by atoms with Crippen LogP contribution in [0.2, 0.25) is 0 Å². The van der Waals surface area contributed by atoms with Crippen molar-refractivity contribution in [3.05, 3.63) is 11.7 Å². The number of hydrogen-bond donors (Lipinski definition) is 0. The second kappa shape index (κ2) is 7.06. The van der Waals surface area contributed by atoms with Gasteiger partial charge in [0.2, 0.25) is 11.8 Å². The fourth-order valence-corrected chi connectivity index (χ4v) is 5.02. The molecule has 1 atom stereocenters. The Balaban J connectivity index is 1.46. The van der Waals surface area contributed by atoms with Gasteiger partial charge in [0, 0.05) is 38.1 Å². The summed E-state index contributed by atoms with van der Waals surface area (Å²) < 4.78 is 11.1. The first-order valence-electron chi connectivity index (χ1n) is 9.82. The van der Waals surface area contributed by atoms with E-state index in [0.29, 0.717) is 30.6 Å². The Morgan fingerprint density at radius 2 is 2.04 bits per heavy atom. The Morgan fingerprint density at radius 1 is 1.28 bits per heavy atom. The Bertz CT molecular complexity index is 603. The maximum Gasteiger partial charge on any atom is 0.232 e. The monoisotopic (exact) mass is 347 g/mol. The molecule has 3 heterocycles. The summed E-state index contributed by atoms with van der Waals surface area (Å²) in [5, 5.41) is 3.98. The summed E-state index contributed by atoms with van der Waals surface area (Å²) in [6.07, 6.45) is 8.95. The quantitative estimate of drug-likeness (QED) is 0.837. The van der Waals surface area contributed by atoms with Gasteiger partial charge in [-0.3, -0.25) is 4.79 Å². The standard InChI is InChI=1S/C19H29N3O3/c1-14-20-18(25-21-14)16-12-22(13-19(16)8-10-24-11-9-19)17(23)7-6-15-4-2-3-5-15/h15-16H,2-13H2,1H3/t16-/m1/s1. The third-order valence-electron chi connectivity index (χ3n) is 6.57. The molecule has 25 heavy (non-hydrogen) atoms. The van der Waals surface area contributed by atoms with E-state index < -0.39 is 0 Å². The van der Waals surface area contributed by atoms with Gasteiger partial charge in [0.15, 0.2) is 5.82 Å². The van der Waals surface area contributed by atoms with Crippen molar-refractivity contribution >= 4 is 5.91 Å². The first-order valence-corrected chi connectivity index (χ1v) is 9.82. The minimum Gasteiger partial charge on any atom is -0.381 e. The van der Waals surface area contributed by atoms with E-state index in [1.807, 2.05) is 6.92 Å². The molecule has 1 aliphatic carbocycles. The zero-order valence-corrected chi connectivity index (χ0v) is 15.2. The summed E-state index contributed by atoms with van der Waals surface area (Å²) in [6, 6.07) is 0. The number of likely N-dealkylation sites (tertiary alicyclic amines) is 1. The van der Waals surface area contributed by atoms with Crippen LogP contribution in [0.1, 0.15) is 69.0 Å². The maximum absolute atomic E-state index is 12.8. The highest BCUT2D eigenvalue weighted by atomic mass is 16.5. The van der Waals surface area contributed by atoms with Crippen LogP contribution in [-0.2, 0) is 9.53 Å². The third kappa shape index (κ3) is 3.46. The van der Waals surface area contributed by atoms with E-state index in [0.717, 1.165) is 44.9 Å². The average molecular weight is 347 g/mol. The molecule has 3 fully saturated rings. The highest BCUT2D eigenvalue weighted by molar-refractivity contribution is 5.76. The van der Waals surface area contributed by atoms with Crippen LogP contribution < -0.4 is 0 Å². The normalized spacial score (nSPS) is 26.6. The molecule has 0 bridgehead atoms. The Hall–Kier alpha value is -1.43. The number of amides is 1. The molecule has 6 heteroatoms. The van der Waals surface area contributed by atoms with Gasteiger partial charge in [-0.25, -0.2) is 0 Å². The van der Waals surface area contributed by atoms with Crippen LogP contribution in [0.15, 0.2) is 4.52 Å². The van der Waals surface area contributed by atoms with Crippen molar-refractivity contribution in [2.24, 2.45) is 11.3 Å². The molecule has 3 aliphatic rings. The van der Waals surface area contributed by atoms with Gasteiger partial charge in [-0.15, -0.1) is 0 Å². The van der Waals surface area contributed by atoms with Crippen molar-refractivity contribution < 1.29 is 14.1 Å². The van der Waals surface area contributed by atoms with Crippen LogP contribution in [0, 0.1) is 18.3 Å². The van der Waals surface area contributed by atoms with E-state index in [9.17, 15) is 4.79 Å². The fourth-order valence-electron chi connectivity index (χ4n) is 5.02. The summed E-state index contributed by atoms with van der Waals surface area (Å²) in [5.41, 5.74) is 0.0419. The molecular weight excluding hydrogens is 318 g/mol. The van der Waals surface area contributed by atoms with Crippen LogP contribution in [0.5, 0.6) is 0 Å². The number of nitrogens with zero attached hydrogens (tertiary/aromatic N) is 3. The second-order valence-electron chi connectivity index (χ2n) is 8.17. The molecule has 0 aromatic carbocycles. The predicted molar refractivity (Wildman–Crippen MR) is 92.0 cm³/mol. The van der Waals surface area contributed by atoms with E-state index in [1.54, 1.807) is 0 Å². The van der Waals surface area contributed by atoms with Gasteiger partial charge < -0.3 is 14.2 Å². The number of carbonyl (C=O) groups is 1. The van der Waals surface area contributed by atoms with E-state index in [-0.39, 0.29) is 11.3 Å². The van der Waals surface area contributed by atoms with Gasteiger partial charge in [-0.1, -0.05) is 30.8 Å². The van der Waals surface area contributed by atoms with Gasteiger partial charge >= 0.3 is 0 Å². The lowest BCUT2D eigenvalue weighted by molar-refractivity contribution is -0.131. The van der Waals surface area contributed by atoms with E-state index in [1.165, 1.54) is 25.7 Å². The zero-order valence-electron chi connectivity index (χ0n) is 15.2. The smallest absolute Gasteiger partial charge is 0.232 e. The third-order valence-corrected chi connectivity index (χ3v) is 6.57. The van der Waals surface area contributed by atoms with Gasteiger partial charge in [0.1, 0.15) is 0 Å². The highest BCUT2D eigenvalue weighted by Crippen LogP contribution is 2.49. The zero-order chi connectivity index (χ0) is 17.3. The first kappa shape index (κ1) is 17.0. The van der Waals surface area contributed by atoms with Gasteiger partial charge in [-0.05, 0) is 32.1 Å². The Kier molecular flexibility index (Phi) is 4.80. The number of aromatic nitrogens is 2. The molecule has 1 saturated carbocycles. The molecule has 1 aromatic rings. The van der Waals surface area contributed by atoms with Crippen molar-refractivity contribution in [3.8, 4) is 0 Å². The molecule has 1 amide bonds. The van der Waals surface area contributed by atoms with Crippen molar-refractivity contribution in [1.82, 2.24) is 15.0 Å². The highest BCUT2D eigenvalue weighted by Gasteiger charge is 2.51. The summed E-state index contributed by atoms with van der Waals surface area (Å²) in [6.45, 7) is 4.89. The fraction of sp³-hybridized carbons (Fsp3) is 0.842. The average Bonchev–Trinajstić information content (AvgIpc) is 3.34. The summed E-state index contributed by atoms with van der Waals surface area (Å²) in [5.74, 6) is 2.58. The van der Waals surface area contributed by atoms with Gasteiger partial charge in [-0.2, -0.15) is 4.98 Å². The number of hydrogen-bond acceptors (Lipinski definition) is 5. The SMILES string of the molecule is Cc1noc([C@H]2CN(C(=O)CCC3CCCC3)CC23CCOCC3)n1. The molecule has 2 aliphatic heterocycles. The molecular formula is C19H29N3O3. The van der Waals surface area contributed by atoms with Crippen LogP contribution in [0.3, 0.4) is 0 Å². The lowest BCUT2D eigenvalue weighted by Gasteiger charge is -2.36. The Morgan fingerprint density at radius 3 is 2.72 bits per heavy atom. The van der Waals surface area contributed by atoms with Crippen molar-refractivity contribution in [3.63, 3.8) is 0 Å². The molecule has 1 spiro atoms. The largest absolute Gasteiger partial charge is 0.381 e. The number of aryl methyl sites for hydroxylation is 1. The Labute approximate surface area is 149 Å². The summed E-state index contributed by atoms with van der Waals surface area (Å²) in [4.78, 5) is 19.4. The van der Waals surface area contributed by atoms with Gasteiger partial charge in [0.25, 0.3) is 0 Å². The number of carbonyl (C=O) groups excluding carboxylic acids is 1. The molecule has 0 N–H and O–H groups in total. The first-order chi connectivity index (χ1) is 12.2. The minimum atomic E-state index is 0.0419. The number of ether oxygens (including phenoxy) is 1. The van der Waals surface area contributed by atoms with E-state index >= 15 is 0 Å². The minimum absolute atomic E-state index is 0.0419. The molecule has 6 nitrogen and oxygen atoms in total. The van der Waals surface area contributed by atoms with E-state index in [2.05, 4.69) is 15.0 Å². The molecule has 1 aromatic heterocycles. The van der Waals surface area contributed by atoms with Crippen molar-refractivity contribution in [2.75, 3.05) is 26.3 Å².